The topological polar surface area (TPSA) is 28.2 Å². The van der Waals surface area contributed by atoms with Crippen LogP contribution in [0, 0.1) is 11.8 Å². The summed E-state index contributed by atoms with van der Waals surface area (Å²) < 4.78 is 0. The Balaban J connectivity index is 1.68. The van der Waals surface area contributed by atoms with Crippen LogP contribution in [-0.4, -0.2) is 25.1 Å². The fourth-order valence-electron chi connectivity index (χ4n) is 3.10. The third-order valence-corrected chi connectivity index (χ3v) is 4.84. The maximum absolute atomic E-state index is 4.69. The molecule has 0 amide bonds. The molecule has 1 aliphatic heterocycles. The third-order valence-electron chi connectivity index (χ3n) is 3.89. The van der Waals surface area contributed by atoms with E-state index in [-0.39, 0.29) is 0 Å². The summed E-state index contributed by atoms with van der Waals surface area (Å²) >= 11 is 1.80. The SMILES string of the molecule is CNCc1csc(N2CC3CCCC3C2)n1. The van der Waals surface area contributed by atoms with Crippen LogP contribution in [0.25, 0.3) is 0 Å². The van der Waals surface area contributed by atoms with E-state index in [1.165, 1.54) is 43.2 Å². The predicted molar refractivity (Wildman–Crippen MR) is 67.9 cm³/mol. The van der Waals surface area contributed by atoms with Gasteiger partial charge in [0, 0.05) is 25.0 Å². The monoisotopic (exact) mass is 237 g/mol. The number of rotatable bonds is 3. The summed E-state index contributed by atoms with van der Waals surface area (Å²) in [4.78, 5) is 7.19. The molecule has 2 atom stereocenters. The number of fused-ring (bicyclic) bond motifs is 1. The molecular formula is C12H19N3S. The van der Waals surface area contributed by atoms with Gasteiger partial charge in [-0.15, -0.1) is 11.3 Å². The molecule has 1 saturated heterocycles. The fourth-order valence-corrected chi connectivity index (χ4v) is 3.94. The summed E-state index contributed by atoms with van der Waals surface area (Å²) in [5, 5.41) is 6.57. The second kappa shape index (κ2) is 4.34. The molecule has 88 valence electrons. The molecule has 0 bridgehead atoms. The van der Waals surface area contributed by atoms with E-state index in [0.717, 1.165) is 18.4 Å². The molecule has 1 aromatic heterocycles. The van der Waals surface area contributed by atoms with E-state index in [4.69, 9.17) is 4.98 Å². The molecule has 0 spiro atoms. The highest BCUT2D eigenvalue weighted by molar-refractivity contribution is 7.13. The second-order valence-electron chi connectivity index (χ2n) is 5.01. The molecule has 16 heavy (non-hydrogen) atoms. The van der Waals surface area contributed by atoms with Crippen molar-refractivity contribution < 1.29 is 0 Å². The molecule has 2 heterocycles. The number of aromatic nitrogens is 1. The van der Waals surface area contributed by atoms with Crippen molar-refractivity contribution in [3.8, 4) is 0 Å². The Morgan fingerprint density at radius 1 is 1.44 bits per heavy atom. The van der Waals surface area contributed by atoms with Gasteiger partial charge in [-0.2, -0.15) is 0 Å². The normalized spacial score (nSPS) is 28.7. The Morgan fingerprint density at radius 2 is 2.19 bits per heavy atom. The lowest BCUT2D eigenvalue weighted by molar-refractivity contribution is 0.494. The highest BCUT2D eigenvalue weighted by Gasteiger charge is 2.36. The summed E-state index contributed by atoms with van der Waals surface area (Å²) in [7, 11) is 1.97. The van der Waals surface area contributed by atoms with Crippen LogP contribution in [0.5, 0.6) is 0 Å². The average Bonchev–Trinajstić information content (AvgIpc) is 2.88. The van der Waals surface area contributed by atoms with Gasteiger partial charge in [0.05, 0.1) is 5.69 Å². The van der Waals surface area contributed by atoms with Gasteiger partial charge in [-0.3, -0.25) is 0 Å². The number of nitrogens with one attached hydrogen (secondary N) is 1. The van der Waals surface area contributed by atoms with E-state index in [1.807, 2.05) is 7.05 Å². The maximum Gasteiger partial charge on any atom is 0.185 e. The number of hydrogen-bond donors (Lipinski definition) is 1. The van der Waals surface area contributed by atoms with Crippen LogP contribution >= 0.6 is 11.3 Å². The van der Waals surface area contributed by atoms with Gasteiger partial charge in [0.25, 0.3) is 0 Å². The second-order valence-corrected chi connectivity index (χ2v) is 5.84. The van der Waals surface area contributed by atoms with Crippen LogP contribution in [0.1, 0.15) is 25.0 Å². The van der Waals surface area contributed by atoms with Crippen LogP contribution in [0.2, 0.25) is 0 Å². The van der Waals surface area contributed by atoms with Gasteiger partial charge in [-0.05, 0) is 31.7 Å². The first-order valence-electron chi connectivity index (χ1n) is 6.21. The van der Waals surface area contributed by atoms with Crippen molar-refractivity contribution in [2.24, 2.45) is 11.8 Å². The highest BCUT2D eigenvalue weighted by Crippen LogP contribution is 2.40. The van der Waals surface area contributed by atoms with Gasteiger partial charge in [-0.1, -0.05) is 6.42 Å². The molecule has 1 aromatic rings. The lowest BCUT2D eigenvalue weighted by atomic mass is 10.0. The first-order valence-corrected chi connectivity index (χ1v) is 7.08. The van der Waals surface area contributed by atoms with E-state index in [2.05, 4.69) is 15.6 Å². The Morgan fingerprint density at radius 3 is 2.88 bits per heavy atom. The smallest absolute Gasteiger partial charge is 0.185 e. The number of thiazole rings is 1. The van der Waals surface area contributed by atoms with Gasteiger partial charge in [0.15, 0.2) is 5.13 Å². The quantitative estimate of drug-likeness (QED) is 0.872. The Hall–Kier alpha value is -0.610. The Bertz CT molecular complexity index is 351. The van der Waals surface area contributed by atoms with Gasteiger partial charge in [0.1, 0.15) is 0 Å². The zero-order valence-corrected chi connectivity index (χ0v) is 10.6. The molecular weight excluding hydrogens is 218 g/mol. The van der Waals surface area contributed by atoms with Crippen molar-refractivity contribution in [2.45, 2.75) is 25.8 Å². The van der Waals surface area contributed by atoms with E-state index in [1.54, 1.807) is 11.3 Å². The summed E-state index contributed by atoms with van der Waals surface area (Å²) in [5.74, 6) is 1.91. The van der Waals surface area contributed by atoms with Crippen LogP contribution < -0.4 is 10.2 Å². The van der Waals surface area contributed by atoms with Crippen molar-refractivity contribution in [1.29, 1.82) is 0 Å². The molecule has 3 nitrogen and oxygen atoms in total. The molecule has 2 fully saturated rings. The van der Waals surface area contributed by atoms with Gasteiger partial charge >= 0.3 is 0 Å². The van der Waals surface area contributed by atoms with E-state index in [9.17, 15) is 0 Å². The van der Waals surface area contributed by atoms with Gasteiger partial charge in [0.2, 0.25) is 0 Å². The molecule has 1 saturated carbocycles. The molecule has 1 N–H and O–H groups in total. The number of nitrogens with zero attached hydrogens (tertiary/aromatic N) is 2. The molecule has 0 radical (unpaired) electrons. The highest BCUT2D eigenvalue weighted by atomic mass is 32.1. The summed E-state index contributed by atoms with van der Waals surface area (Å²) in [6.07, 6.45) is 4.33. The van der Waals surface area contributed by atoms with Crippen molar-refractivity contribution in [3.05, 3.63) is 11.1 Å². The predicted octanol–water partition coefficient (Wildman–Crippen LogP) is 2.10. The van der Waals surface area contributed by atoms with Crippen molar-refractivity contribution in [3.63, 3.8) is 0 Å². The van der Waals surface area contributed by atoms with Gasteiger partial charge in [-0.25, -0.2) is 4.98 Å². The fraction of sp³-hybridized carbons (Fsp3) is 0.750. The van der Waals surface area contributed by atoms with E-state index >= 15 is 0 Å². The van der Waals surface area contributed by atoms with Crippen LogP contribution in [-0.2, 0) is 6.54 Å². The zero-order chi connectivity index (χ0) is 11.0. The minimum atomic E-state index is 0.886. The molecule has 0 aromatic carbocycles. The Kier molecular flexibility index (Phi) is 2.86. The zero-order valence-electron chi connectivity index (χ0n) is 9.78. The standard InChI is InChI=1S/C12H19N3S/c1-13-5-11-8-16-12(14-11)15-6-9-3-2-4-10(9)7-15/h8-10,13H,2-7H2,1H3. The van der Waals surface area contributed by atoms with E-state index in [0.29, 0.717) is 0 Å². The van der Waals surface area contributed by atoms with Crippen molar-refractivity contribution >= 4 is 16.5 Å². The molecule has 3 rings (SSSR count). The Labute approximate surface area is 101 Å². The van der Waals surface area contributed by atoms with Gasteiger partial charge < -0.3 is 10.2 Å². The molecule has 2 unspecified atom stereocenters. The van der Waals surface area contributed by atoms with Crippen molar-refractivity contribution in [1.82, 2.24) is 10.3 Å². The van der Waals surface area contributed by atoms with Crippen molar-refractivity contribution in [2.75, 3.05) is 25.0 Å². The minimum absolute atomic E-state index is 0.886. The van der Waals surface area contributed by atoms with Crippen LogP contribution in [0.15, 0.2) is 5.38 Å². The first-order chi connectivity index (χ1) is 7.86. The van der Waals surface area contributed by atoms with Crippen LogP contribution in [0.4, 0.5) is 5.13 Å². The lowest BCUT2D eigenvalue weighted by Gasteiger charge is -2.15. The number of hydrogen-bond acceptors (Lipinski definition) is 4. The maximum atomic E-state index is 4.69. The largest absolute Gasteiger partial charge is 0.348 e. The molecule has 2 aliphatic rings. The summed E-state index contributed by atoms with van der Waals surface area (Å²) in [6.45, 7) is 3.38. The minimum Gasteiger partial charge on any atom is -0.348 e. The van der Waals surface area contributed by atoms with Crippen LogP contribution in [0.3, 0.4) is 0 Å². The molecule has 1 aliphatic carbocycles. The lowest BCUT2D eigenvalue weighted by Crippen LogP contribution is -2.20. The first kappa shape index (κ1) is 10.5. The third kappa shape index (κ3) is 1.84. The van der Waals surface area contributed by atoms with E-state index < -0.39 is 0 Å². The molecule has 4 heteroatoms. The average molecular weight is 237 g/mol. The summed E-state index contributed by atoms with van der Waals surface area (Å²) in [6, 6.07) is 0. The number of anilines is 1. The summed E-state index contributed by atoms with van der Waals surface area (Å²) in [5.41, 5.74) is 1.18.